The Labute approximate surface area is 116 Å². The van der Waals surface area contributed by atoms with Gasteiger partial charge in [0.2, 0.25) is 0 Å². The Kier molecular flexibility index (Phi) is 10.4. The molecular formula is C13H19BrOZn. The van der Waals surface area contributed by atoms with Crippen LogP contribution in [-0.4, -0.2) is 6.61 Å². The van der Waals surface area contributed by atoms with E-state index >= 15 is 0 Å². The summed E-state index contributed by atoms with van der Waals surface area (Å²) in [7, 11) is 0. The Bertz CT molecular complexity index is 269. The molecule has 0 saturated heterocycles. The average molecular weight is 337 g/mol. The van der Waals surface area contributed by atoms with Crippen LogP contribution in [-0.2, 0) is 16.3 Å². The van der Waals surface area contributed by atoms with Crippen molar-refractivity contribution in [1.82, 2.24) is 0 Å². The second-order valence-corrected chi connectivity index (χ2v) is 3.71. The average Bonchev–Trinajstić information content (AvgIpc) is 2.30. The topological polar surface area (TPSA) is 9.23 Å². The molecule has 0 aliphatic rings. The number of unbranched alkanes of at least 4 members (excludes halogenated alkanes) is 2. The summed E-state index contributed by atoms with van der Waals surface area (Å²) in [6.45, 7) is 7.17. The minimum absolute atomic E-state index is 0.833. The molecule has 1 nitrogen and oxygen atoms in total. The zero-order valence-corrected chi connectivity index (χ0v) is 15.0. The Hall–Kier alpha value is 0.123. The van der Waals surface area contributed by atoms with Crippen LogP contribution in [0.25, 0.3) is 0 Å². The van der Waals surface area contributed by atoms with Crippen molar-refractivity contribution in [1.29, 1.82) is 0 Å². The summed E-state index contributed by atoms with van der Waals surface area (Å²) in [4.78, 5) is 0. The molecule has 3 heteroatoms. The summed E-state index contributed by atoms with van der Waals surface area (Å²) >= 11 is 4.25. The predicted molar refractivity (Wildman–Crippen MR) is 68.7 cm³/mol. The molecule has 0 unspecified atom stereocenters. The zero-order chi connectivity index (χ0) is 12.4. The molecule has 1 rings (SSSR count). The molecule has 0 atom stereocenters. The van der Waals surface area contributed by atoms with E-state index in [0.717, 1.165) is 18.8 Å². The standard InChI is InChI=1S/C13H19O.BrH.Zn/c1-4-5-6-10-14-13-11(2)8-7-9-12(13)3;;/h8-9H,4-6,10H2,1-3H3;1H;/q-1;;+2/p-1. The maximum absolute atomic E-state index is 5.75. The first-order valence-corrected chi connectivity index (χ1v) is 12.6. The maximum atomic E-state index is 5.75. The normalized spacial score (nSPS) is 9.38. The van der Waals surface area contributed by atoms with Gasteiger partial charge in [-0.25, -0.2) is 0 Å². The van der Waals surface area contributed by atoms with E-state index in [1.54, 1.807) is 0 Å². The van der Waals surface area contributed by atoms with Crippen LogP contribution in [0.3, 0.4) is 0 Å². The molecule has 0 N–H and O–H groups in total. The van der Waals surface area contributed by atoms with Gasteiger partial charge in [-0.3, -0.25) is 0 Å². The van der Waals surface area contributed by atoms with Gasteiger partial charge in [0.15, 0.2) is 0 Å². The van der Waals surface area contributed by atoms with Crippen molar-refractivity contribution in [2.45, 2.75) is 40.0 Å². The van der Waals surface area contributed by atoms with Crippen LogP contribution in [0.4, 0.5) is 0 Å². The van der Waals surface area contributed by atoms with Crippen LogP contribution in [0.1, 0.15) is 37.3 Å². The fraction of sp³-hybridized carbons (Fsp3) is 0.538. The van der Waals surface area contributed by atoms with Gasteiger partial charge < -0.3 is 4.74 Å². The van der Waals surface area contributed by atoms with E-state index in [1.165, 1.54) is 40.3 Å². The Balaban J connectivity index is 0.00000106. The third-order valence-corrected chi connectivity index (χ3v) is 2.31. The van der Waals surface area contributed by atoms with E-state index in [4.69, 9.17) is 4.74 Å². The van der Waals surface area contributed by atoms with Gasteiger partial charge in [-0.1, -0.05) is 33.6 Å². The van der Waals surface area contributed by atoms with E-state index in [1.807, 2.05) is 12.1 Å². The molecule has 1 aromatic carbocycles. The Morgan fingerprint density at radius 2 is 1.75 bits per heavy atom. The monoisotopic (exact) mass is 334 g/mol. The summed E-state index contributed by atoms with van der Waals surface area (Å²) in [6.07, 6.45) is 3.63. The van der Waals surface area contributed by atoms with Gasteiger partial charge in [-0.2, -0.15) is 18.2 Å². The molecule has 0 aromatic heterocycles. The number of benzene rings is 1. The van der Waals surface area contributed by atoms with Gasteiger partial charge in [-0.15, -0.1) is 11.1 Å². The molecule has 0 bridgehead atoms. The zero-order valence-electron chi connectivity index (χ0n) is 10.5. The van der Waals surface area contributed by atoms with E-state index in [0.29, 0.717) is 0 Å². The molecule has 0 fully saturated rings. The van der Waals surface area contributed by atoms with Gasteiger partial charge in [0, 0.05) is 5.75 Å². The van der Waals surface area contributed by atoms with Crippen molar-refractivity contribution in [3.05, 3.63) is 29.3 Å². The summed E-state index contributed by atoms with van der Waals surface area (Å²) < 4.78 is 5.75. The Morgan fingerprint density at radius 3 is 2.25 bits per heavy atom. The third kappa shape index (κ3) is 6.01. The molecule has 0 spiro atoms. The molecule has 0 saturated carbocycles. The van der Waals surface area contributed by atoms with Crippen LogP contribution in [0.5, 0.6) is 5.75 Å². The van der Waals surface area contributed by atoms with Gasteiger partial charge in [0.05, 0.1) is 6.61 Å². The molecule has 0 aliphatic carbocycles. The van der Waals surface area contributed by atoms with E-state index < -0.39 is 0 Å². The number of aryl methyl sites for hydroxylation is 2. The number of ether oxygens (including phenoxy) is 1. The molecule has 0 aliphatic heterocycles. The van der Waals surface area contributed by atoms with Crippen molar-refractivity contribution >= 4 is 13.6 Å². The van der Waals surface area contributed by atoms with Crippen LogP contribution < -0.4 is 4.74 Å². The molecule has 1 aromatic rings. The van der Waals surface area contributed by atoms with E-state index in [2.05, 4.69) is 40.5 Å². The number of hydrogen-bond donors (Lipinski definition) is 0. The first kappa shape index (κ1) is 16.1. The summed E-state index contributed by atoms with van der Waals surface area (Å²) in [5, 5.41) is 0. The number of rotatable bonds is 5. The van der Waals surface area contributed by atoms with Crippen LogP contribution >= 0.6 is 13.6 Å². The van der Waals surface area contributed by atoms with Crippen LogP contribution in [0.2, 0.25) is 0 Å². The summed E-state index contributed by atoms with van der Waals surface area (Å²) in [5.41, 5.74) is 2.36. The van der Waals surface area contributed by atoms with Gasteiger partial charge in [0.25, 0.3) is 0 Å². The molecule has 0 heterocycles. The third-order valence-electron chi connectivity index (χ3n) is 2.31. The molecule has 0 radical (unpaired) electrons. The second-order valence-electron chi connectivity index (χ2n) is 3.71. The van der Waals surface area contributed by atoms with Crippen LogP contribution in [0, 0.1) is 19.9 Å². The quantitative estimate of drug-likeness (QED) is 0.436. The number of halogens is 1. The van der Waals surface area contributed by atoms with Crippen LogP contribution in [0.15, 0.2) is 12.1 Å². The predicted octanol–water partition coefficient (Wildman–Crippen LogP) is 4.52. The minimum atomic E-state index is 0.833. The number of hydrogen-bond acceptors (Lipinski definition) is 1. The fourth-order valence-electron chi connectivity index (χ4n) is 1.49. The Morgan fingerprint density at radius 1 is 1.19 bits per heavy atom. The molecule has 0 amide bonds. The molecule has 86 valence electrons. The van der Waals surface area contributed by atoms with Gasteiger partial charge >= 0.3 is 30.0 Å². The first-order chi connectivity index (χ1) is 7.75. The van der Waals surface area contributed by atoms with Crippen molar-refractivity contribution in [2.24, 2.45) is 0 Å². The SMILES string of the molecule is CCCCCOc1c(C)c[c-]cc1C.[Zn+][Br]. The van der Waals surface area contributed by atoms with Crippen molar-refractivity contribution in [3.8, 4) is 5.75 Å². The fourth-order valence-corrected chi connectivity index (χ4v) is 1.49. The second kappa shape index (κ2) is 10.3. The van der Waals surface area contributed by atoms with Gasteiger partial charge in [-0.05, 0) is 6.42 Å². The van der Waals surface area contributed by atoms with E-state index in [-0.39, 0.29) is 0 Å². The summed E-state index contributed by atoms with van der Waals surface area (Å²) in [5.74, 6) is 1.04. The van der Waals surface area contributed by atoms with E-state index in [9.17, 15) is 0 Å². The van der Waals surface area contributed by atoms with Crippen molar-refractivity contribution < 1.29 is 21.1 Å². The summed E-state index contributed by atoms with van der Waals surface area (Å²) in [6, 6.07) is 7.04. The van der Waals surface area contributed by atoms with Crippen molar-refractivity contribution in [3.63, 3.8) is 0 Å². The van der Waals surface area contributed by atoms with Gasteiger partial charge in [0.1, 0.15) is 0 Å². The first-order valence-electron chi connectivity index (χ1n) is 5.62. The molecule has 16 heavy (non-hydrogen) atoms. The van der Waals surface area contributed by atoms with Crippen molar-refractivity contribution in [2.75, 3.05) is 6.61 Å². The molecular weight excluding hydrogens is 317 g/mol.